The molecule has 2 aromatic carbocycles. The number of hydrogen-bond acceptors (Lipinski definition) is 20. The minimum absolute atomic E-state index is 0.0140. The van der Waals surface area contributed by atoms with Gasteiger partial charge in [-0.05, 0) is 93.4 Å². The molecule has 2 aromatic heterocycles. The van der Waals surface area contributed by atoms with E-state index in [1.807, 2.05) is 49.6 Å². The molecule has 1 fully saturated rings. The van der Waals surface area contributed by atoms with E-state index in [0.29, 0.717) is 37.8 Å². The molecule has 0 aliphatic carbocycles. The molecule has 1 aliphatic rings. The van der Waals surface area contributed by atoms with Crippen molar-refractivity contribution in [2.45, 2.75) is 192 Å². The minimum Gasteiger partial charge on any atom is -0.445 e. The van der Waals surface area contributed by atoms with Gasteiger partial charge in [0, 0.05) is 83.7 Å². The molecule has 12 amide bonds. The van der Waals surface area contributed by atoms with Gasteiger partial charge in [-0.25, -0.2) is 33.0 Å². The number of methoxy groups -OCH3 is 2. The lowest BCUT2D eigenvalue weighted by Gasteiger charge is -2.41. The van der Waals surface area contributed by atoms with Gasteiger partial charge in [-0.15, -0.1) is 11.3 Å². The number of likely N-dealkylation sites (tertiary alicyclic amines) is 1. The van der Waals surface area contributed by atoms with Crippen LogP contribution in [0.15, 0.2) is 83.7 Å². The second-order valence-electron chi connectivity index (χ2n) is 27.0. The van der Waals surface area contributed by atoms with Gasteiger partial charge in [-0.3, -0.25) is 43.2 Å². The molecule has 4 aromatic rings. The maximum Gasteiger partial charge on any atom is 0.408 e. The Hall–Kier alpha value is -9.21. The number of sulfone groups is 1. The quantitative estimate of drug-likeness (QED) is 0.0224. The van der Waals surface area contributed by atoms with Gasteiger partial charge < -0.3 is 77.6 Å². The minimum atomic E-state index is -3.73. The van der Waals surface area contributed by atoms with Crippen LogP contribution in [0.5, 0.6) is 0 Å². The zero-order chi connectivity index (χ0) is 76.5. The van der Waals surface area contributed by atoms with Crippen molar-refractivity contribution < 1.29 is 75.4 Å². The van der Waals surface area contributed by atoms with Crippen molar-refractivity contribution in [1.29, 1.82) is 0 Å². The van der Waals surface area contributed by atoms with E-state index in [1.54, 1.807) is 72.0 Å². The first-order chi connectivity index (χ1) is 48.6. The van der Waals surface area contributed by atoms with Gasteiger partial charge in [0.05, 0.1) is 48.2 Å². The van der Waals surface area contributed by atoms with Crippen LogP contribution < -0.4 is 53.6 Å². The molecule has 0 unspecified atom stereocenters. The second-order valence-corrected chi connectivity index (χ2v) is 29.8. The molecule has 103 heavy (non-hydrogen) atoms. The number of urea groups is 1. The molecular formula is C70H103N15O16S2. The SMILES string of the molecule is CC[C@H](C)[C@@H]([C@@H](CC(=O)N1CCC[C@H]1[C@H](OC)[C@@H](C)C(=O)N[C@@H](Cc1ccccc1)c1nccs1)OC)N(C)C(=O)[C@@H](NC(=O)C(C)(C)NC(=O)OCc1ccc(NC(=O)[C@H](CCCNC(N)=O)NC(=O)[C@@H](NC(=O)[C@H](CCNC(=O)c2cnc(S(C)(=O)=O)nc2)NC(C)=O)C(C)C)cc1)C(C)C. The zero-order valence-electron chi connectivity index (χ0n) is 61.2. The summed E-state index contributed by atoms with van der Waals surface area (Å²) in [5.41, 5.74) is 5.33. The summed E-state index contributed by atoms with van der Waals surface area (Å²) < 4.78 is 41.2. The van der Waals surface area contributed by atoms with Crippen molar-refractivity contribution >= 4 is 92.2 Å². The predicted molar refractivity (Wildman–Crippen MR) is 384 cm³/mol. The summed E-state index contributed by atoms with van der Waals surface area (Å²) in [7, 11) is 0.932. The third kappa shape index (κ3) is 25.6. The van der Waals surface area contributed by atoms with Crippen molar-refractivity contribution in [3.05, 3.63) is 100 Å². The number of hydrogen-bond donors (Lipinski definition) is 10. The van der Waals surface area contributed by atoms with Crippen molar-refractivity contribution in [2.75, 3.05) is 52.5 Å². The standard InChI is InChI=1S/C70H103N15O16S2/c1-15-42(6)57(53(99-12)36-54(87)85-33-20-24-52(85)58(100-13)43(7)59(88)80-51(64-73-32-34-102-64)35-45-21-17-16-18-22-45)84(11)65(93)56(41(4)5)82-66(94)70(9,10)83-69(96)101-39-46-25-27-48(28-26-46)78-61(90)49(23-19-30-74-67(71)95)79-63(92)55(40(2)3)81-62(91)50(77-44(8)86)29-31-72-60(89)47-37-75-68(76-38-47)103(14,97)98/h16-18,21-22,25-28,32,34,37-38,40-43,49-53,55-58H,15,19-20,23-24,29-31,33,35-36,39H2,1-14H3,(H,72,89)(H,77,86)(H,78,90)(H,79,92)(H,80,88)(H,81,91)(H,82,94)(H,83,96)(H3,71,74,95)/t42-,43+,49-,50-,51-,52-,53+,55-,56-,57-,58+/m0/s1. The Morgan fingerprint density at radius 1 is 0.757 bits per heavy atom. The molecule has 33 heteroatoms. The number of nitrogens with one attached hydrogen (secondary N) is 9. The Labute approximate surface area is 606 Å². The van der Waals surface area contributed by atoms with Crippen LogP contribution in [0.4, 0.5) is 15.3 Å². The van der Waals surface area contributed by atoms with Gasteiger partial charge in [-0.2, -0.15) is 0 Å². The van der Waals surface area contributed by atoms with Crippen LogP contribution in [0.25, 0.3) is 0 Å². The molecule has 0 spiro atoms. The first-order valence-corrected chi connectivity index (χ1v) is 37.1. The highest BCUT2D eigenvalue weighted by Crippen LogP contribution is 2.31. The lowest BCUT2D eigenvalue weighted by Crippen LogP contribution is -2.62. The lowest BCUT2D eigenvalue weighted by atomic mass is 9.89. The number of nitrogens with two attached hydrogens (primary N) is 1. The van der Waals surface area contributed by atoms with Crippen LogP contribution in [0, 0.1) is 23.7 Å². The smallest absolute Gasteiger partial charge is 0.408 e. The number of amides is 12. The van der Waals surface area contributed by atoms with E-state index in [4.69, 9.17) is 19.9 Å². The molecular weight excluding hydrogens is 1370 g/mol. The van der Waals surface area contributed by atoms with Gasteiger partial charge in [0.1, 0.15) is 41.3 Å². The normalized spacial score (nSPS) is 16.0. The monoisotopic (exact) mass is 1470 g/mol. The number of alkyl carbamates (subject to hydrolysis) is 1. The second kappa shape index (κ2) is 40.0. The van der Waals surface area contributed by atoms with Gasteiger partial charge in [-0.1, -0.05) is 97.4 Å². The maximum absolute atomic E-state index is 14.8. The Balaban J connectivity index is 1.17. The zero-order valence-corrected chi connectivity index (χ0v) is 62.8. The van der Waals surface area contributed by atoms with E-state index in [0.717, 1.165) is 29.2 Å². The Morgan fingerprint density at radius 3 is 1.98 bits per heavy atom. The third-order valence-electron chi connectivity index (χ3n) is 17.9. The average Bonchev–Trinajstić information content (AvgIpc) is 1.80. The molecule has 0 saturated carbocycles. The van der Waals surface area contributed by atoms with Gasteiger partial charge in [0.25, 0.3) is 5.91 Å². The van der Waals surface area contributed by atoms with Crippen LogP contribution in [-0.4, -0.2) is 200 Å². The summed E-state index contributed by atoms with van der Waals surface area (Å²) in [4.78, 5) is 164. The fourth-order valence-corrected chi connectivity index (χ4v) is 13.1. The summed E-state index contributed by atoms with van der Waals surface area (Å²) in [5, 5.41) is 26.3. The van der Waals surface area contributed by atoms with E-state index in [9.17, 15) is 61.2 Å². The average molecular weight is 1470 g/mol. The van der Waals surface area contributed by atoms with Crippen LogP contribution in [-0.2, 0) is 75.4 Å². The van der Waals surface area contributed by atoms with Crippen molar-refractivity contribution in [3.8, 4) is 0 Å². The van der Waals surface area contributed by atoms with Crippen LogP contribution in [0.3, 0.4) is 0 Å². The number of carbonyl (C=O) groups is 11. The molecule has 1 saturated heterocycles. The molecule has 566 valence electrons. The number of thiazole rings is 1. The summed E-state index contributed by atoms with van der Waals surface area (Å²) in [6, 6.07) is 8.88. The largest absolute Gasteiger partial charge is 0.445 e. The fourth-order valence-electron chi connectivity index (χ4n) is 11.9. The highest BCUT2D eigenvalue weighted by molar-refractivity contribution is 7.90. The number of ether oxygens (including phenoxy) is 3. The Bertz CT molecular complexity index is 3630. The number of primary amides is 1. The number of carbonyl (C=O) groups excluding carboxylic acids is 11. The van der Waals surface area contributed by atoms with Gasteiger partial charge >= 0.3 is 12.1 Å². The van der Waals surface area contributed by atoms with E-state index in [-0.39, 0.29) is 80.4 Å². The molecule has 11 atom stereocenters. The van der Waals surface area contributed by atoms with Crippen molar-refractivity contribution in [3.63, 3.8) is 0 Å². The van der Waals surface area contributed by atoms with E-state index in [2.05, 4.69) is 62.8 Å². The molecule has 31 nitrogen and oxygen atoms in total. The lowest BCUT2D eigenvalue weighted by molar-refractivity contribution is -0.148. The van der Waals surface area contributed by atoms with Crippen molar-refractivity contribution in [2.24, 2.45) is 29.4 Å². The number of rotatable bonds is 39. The molecule has 5 rings (SSSR count). The fraction of sp³-hybridized carbons (Fsp3) is 0.571. The summed E-state index contributed by atoms with van der Waals surface area (Å²) in [6.45, 7) is 16.7. The first kappa shape index (κ1) is 84.4. The molecule has 1 aliphatic heterocycles. The number of benzene rings is 2. The summed E-state index contributed by atoms with van der Waals surface area (Å²) in [6.07, 6.45) is 4.60. The Morgan fingerprint density at radius 2 is 1.41 bits per heavy atom. The van der Waals surface area contributed by atoms with Crippen LogP contribution >= 0.6 is 11.3 Å². The van der Waals surface area contributed by atoms with E-state index >= 15 is 0 Å². The Kier molecular flexibility index (Phi) is 32.8. The highest BCUT2D eigenvalue weighted by atomic mass is 32.2. The molecule has 11 N–H and O–H groups in total. The third-order valence-corrected chi connectivity index (χ3v) is 19.6. The van der Waals surface area contributed by atoms with Gasteiger partial charge in [0.2, 0.25) is 62.3 Å². The summed E-state index contributed by atoms with van der Waals surface area (Å²) >= 11 is 1.46. The first-order valence-electron chi connectivity index (χ1n) is 34.3. The van der Waals surface area contributed by atoms with Crippen LogP contribution in [0.2, 0.25) is 0 Å². The molecule has 0 radical (unpaired) electrons. The summed E-state index contributed by atoms with van der Waals surface area (Å²) in [5.74, 6) is -6.98. The van der Waals surface area contributed by atoms with E-state index in [1.165, 1.54) is 56.3 Å². The number of likely N-dealkylation sites (N-methyl/N-ethyl adjacent to an activating group) is 1. The number of aromatic nitrogens is 3. The van der Waals surface area contributed by atoms with Crippen LogP contribution in [0.1, 0.15) is 147 Å². The molecule has 3 heterocycles. The number of nitrogens with zero attached hydrogens (tertiary/aromatic N) is 5. The maximum atomic E-state index is 14.8. The molecule has 0 bridgehead atoms. The van der Waals surface area contributed by atoms with Gasteiger partial charge in [0.15, 0.2) is 0 Å². The topological polar surface area (TPSA) is 429 Å². The highest BCUT2D eigenvalue weighted by Gasteiger charge is 2.44. The van der Waals surface area contributed by atoms with Crippen molar-refractivity contribution in [1.82, 2.24) is 67.3 Å². The van der Waals surface area contributed by atoms with E-state index < -0.39 is 140 Å². The number of anilines is 1. The predicted octanol–water partition coefficient (Wildman–Crippen LogP) is 3.84.